The summed E-state index contributed by atoms with van der Waals surface area (Å²) in [5, 5.41) is 11.8. The number of ether oxygens (including phenoxy) is 1. The number of hydrogen-bond donors (Lipinski definition) is 1. The molecule has 7 heteroatoms. The summed E-state index contributed by atoms with van der Waals surface area (Å²) in [7, 11) is 0. The van der Waals surface area contributed by atoms with Crippen LogP contribution in [0.5, 0.6) is 5.75 Å². The molecule has 166 valence electrons. The Morgan fingerprint density at radius 3 is 2.67 bits per heavy atom. The molecule has 1 aromatic heterocycles. The number of carbonyl (C=O) groups excluding carboxylic acids is 2. The average Bonchev–Trinajstić information content (AvgIpc) is 3.31. The highest BCUT2D eigenvalue weighted by atomic mass is 35.5. The van der Waals surface area contributed by atoms with Crippen molar-refractivity contribution in [1.29, 1.82) is 0 Å². The van der Waals surface area contributed by atoms with Crippen LogP contribution in [0.4, 0.5) is 5.69 Å². The number of aliphatic hydroxyl groups excluding tert-OH is 1. The zero-order valence-electron chi connectivity index (χ0n) is 18.1. The van der Waals surface area contributed by atoms with Crippen LogP contribution in [0.15, 0.2) is 66.5 Å². The second-order valence-electron chi connectivity index (χ2n) is 8.29. The lowest BCUT2D eigenvalue weighted by Gasteiger charge is -2.27. The van der Waals surface area contributed by atoms with Crippen LogP contribution in [0.25, 0.3) is 5.76 Å². The van der Waals surface area contributed by atoms with E-state index in [0.29, 0.717) is 33.8 Å². The molecule has 6 nitrogen and oxygen atoms in total. The van der Waals surface area contributed by atoms with Crippen molar-refractivity contribution in [3.8, 4) is 5.75 Å². The minimum Gasteiger partial charge on any atom is -0.507 e. The number of amides is 1. The normalized spacial score (nSPS) is 21.2. The third-order valence-corrected chi connectivity index (χ3v) is 6.54. The first kappa shape index (κ1) is 21.2. The Kier molecular flexibility index (Phi) is 5.17. The van der Waals surface area contributed by atoms with Gasteiger partial charge in [-0.2, -0.15) is 0 Å². The monoisotopic (exact) mass is 460 g/mol. The lowest BCUT2D eigenvalue weighted by Crippen LogP contribution is -2.30. The lowest BCUT2D eigenvalue weighted by molar-refractivity contribution is -0.132. The van der Waals surface area contributed by atoms with Crippen LogP contribution in [0, 0.1) is 6.92 Å². The van der Waals surface area contributed by atoms with Gasteiger partial charge in [0.1, 0.15) is 17.6 Å². The Morgan fingerprint density at radius 2 is 1.91 bits per heavy atom. The smallest absolute Gasteiger partial charge is 0.300 e. The number of rotatable bonds is 3. The molecule has 2 aliphatic heterocycles. The SMILES string of the molecule is Cc1c(Cl)cccc1N1C(=O)C(=O)/C(=C(\O)c2ccc3c(c2)CC(C)O3)C1c1ccncc1. The first-order valence-corrected chi connectivity index (χ1v) is 11.0. The standard InChI is InChI=1S/C26H21ClN2O4/c1-14-12-18-13-17(6-7-21(18)33-14)24(30)22-23(16-8-10-28-11-9-16)29(26(32)25(22)31)20-5-3-4-19(27)15(20)2/h3-11,13-14,23,30H,12H2,1-2H3/b24-22-. The molecule has 0 bridgehead atoms. The van der Waals surface area contributed by atoms with Gasteiger partial charge in [0, 0.05) is 35.1 Å². The van der Waals surface area contributed by atoms with Gasteiger partial charge in [-0.15, -0.1) is 0 Å². The quantitative estimate of drug-likeness (QED) is 0.338. The highest BCUT2D eigenvalue weighted by molar-refractivity contribution is 6.52. The number of anilines is 1. The van der Waals surface area contributed by atoms with E-state index < -0.39 is 17.7 Å². The molecule has 0 aliphatic carbocycles. The van der Waals surface area contributed by atoms with Gasteiger partial charge in [-0.1, -0.05) is 17.7 Å². The Balaban J connectivity index is 1.71. The number of Topliss-reactive ketones (excluding diaryl/α,β-unsaturated/α-hetero) is 1. The molecule has 1 amide bonds. The van der Waals surface area contributed by atoms with Crippen LogP contribution in [0.1, 0.15) is 35.2 Å². The third kappa shape index (κ3) is 3.47. The first-order chi connectivity index (χ1) is 15.9. The number of fused-ring (bicyclic) bond motifs is 1. The zero-order valence-corrected chi connectivity index (χ0v) is 18.8. The van der Waals surface area contributed by atoms with Gasteiger partial charge in [-0.25, -0.2) is 0 Å². The molecule has 1 fully saturated rings. The van der Waals surface area contributed by atoms with Crippen molar-refractivity contribution >= 4 is 34.7 Å². The summed E-state index contributed by atoms with van der Waals surface area (Å²) in [6.07, 6.45) is 3.94. The van der Waals surface area contributed by atoms with Crippen molar-refractivity contribution in [2.75, 3.05) is 4.90 Å². The molecule has 2 aromatic carbocycles. The van der Waals surface area contributed by atoms with Crippen LogP contribution >= 0.6 is 11.6 Å². The van der Waals surface area contributed by atoms with Gasteiger partial charge in [0.05, 0.1) is 11.6 Å². The van der Waals surface area contributed by atoms with Gasteiger partial charge in [0.15, 0.2) is 0 Å². The molecule has 3 heterocycles. The van der Waals surface area contributed by atoms with Crippen LogP contribution < -0.4 is 9.64 Å². The number of halogens is 1. The Hall–Kier alpha value is -3.64. The summed E-state index contributed by atoms with van der Waals surface area (Å²) in [5.41, 5.74) is 3.28. The topological polar surface area (TPSA) is 79.7 Å². The maximum absolute atomic E-state index is 13.3. The Labute approximate surface area is 196 Å². The molecule has 33 heavy (non-hydrogen) atoms. The fourth-order valence-electron chi connectivity index (χ4n) is 4.52. The van der Waals surface area contributed by atoms with E-state index in [9.17, 15) is 14.7 Å². The highest BCUT2D eigenvalue weighted by Gasteiger charge is 2.47. The number of nitrogens with zero attached hydrogens (tertiary/aromatic N) is 2. The van der Waals surface area contributed by atoms with E-state index in [1.54, 1.807) is 61.8 Å². The molecular weight excluding hydrogens is 440 g/mol. The van der Waals surface area contributed by atoms with E-state index in [2.05, 4.69) is 4.98 Å². The van der Waals surface area contributed by atoms with Crippen LogP contribution in [0.3, 0.4) is 0 Å². The number of carbonyl (C=O) groups is 2. The number of aromatic nitrogens is 1. The number of hydrogen-bond acceptors (Lipinski definition) is 5. The van der Waals surface area contributed by atoms with Crippen molar-refractivity contribution in [2.24, 2.45) is 0 Å². The molecule has 3 aromatic rings. The van der Waals surface area contributed by atoms with E-state index >= 15 is 0 Å². The van der Waals surface area contributed by atoms with Crippen molar-refractivity contribution in [3.05, 3.63) is 93.8 Å². The highest BCUT2D eigenvalue weighted by Crippen LogP contribution is 2.44. The molecule has 0 saturated carbocycles. The lowest BCUT2D eigenvalue weighted by atomic mass is 9.94. The maximum atomic E-state index is 13.3. The molecule has 5 rings (SSSR count). The van der Waals surface area contributed by atoms with Gasteiger partial charge >= 0.3 is 0 Å². The molecule has 0 radical (unpaired) electrons. The first-order valence-electron chi connectivity index (χ1n) is 10.6. The van der Waals surface area contributed by atoms with Crippen LogP contribution in [-0.2, 0) is 16.0 Å². The fraction of sp³-hybridized carbons (Fsp3) is 0.192. The molecule has 1 saturated heterocycles. The second-order valence-corrected chi connectivity index (χ2v) is 8.70. The Morgan fingerprint density at radius 1 is 1.15 bits per heavy atom. The van der Waals surface area contributed by atoms with Crippen LogP contribution in [-0.4, -0.2) is 27.9 Å². The molecule has 0 spiro atoms. The predicted molar refractivity (Wildman–Crippen MR) is 125 cm³/mol. The minimum atomic E-state index is -0.825. The minimum absolute atomic E-state index is 0.0255. The van der Waals surface area contributed by atoms with Gasteiger partial charge in [0.25, 0.3) is 11.7 Å². The number of benzene rings is 2. The van der Waals surface area contributed by atoms with Crippen molar-refractivity contribution in [2.45, 2.75) is 32.4 Å². The molecule has 2 atom stereocenters. The van der Waals surface area contributed by atoms with Crippen molar-refractivity contribution < 1.29 is 19.4 Å². The molecule has 1 N–H and O–H groups in total. The number of ketones is 1. The van der Waals surface area contributed by atoms with E-state index in [1.165, 1.54) is 4.90 Å². The molecule has 2 aliphatic rings. The number of aliphatic hydroxyl groups is 1. The van der Waals surface area contributed by atoms with E-state index in [1.807, 2.05) is 13.0 Å². The average molecular weight is 461 g/mol. The summed E-state index contributed by atoms with van der Waals surface area (Å²) in [5.74, 6) is -0.930. The van der Waals surface area contributed by atoms with Crippen LogP contribution in [0.2, 0.25) is 5.02 Å². The fourth-order valence-corrected chi connectivity index (χ4v) is 4.69. The van der Waals surface area contributed by atoms with E-state index in [0.717, 1.165) is 11.3 Å². The van der Waals surface area contributed by atoms with Crippen molar-refractivity contribution in [1.82, 2.24) is 4.98 Å². The third-order valence-electron chi connectivity index (χ3n) is 6.13. The summed E-state index contributed by atoms with van der Waals surface area (Å²) in [4.78, 5) is 32.0. The summed E-state index contributed by atoms with van der Waals surface area (Å²) in [6, 6.07) is 13.1. The maximum Gasteiger partial charge on any atom is 0.300 e. The Bertz CT molecular complexity index is 1320. The van der Waals surface area contributed by atoms with Gasteiger partial charge in [0.2, 0.25) is 0 Å². The predicted octanol–water partition coefficient (Wildman–Crippen LogP) is 4.99. The summed E-state index contributed by atoms with van der Waals surface area (Å²) >= 11 is 6.32. The van der Waals surface area contributed by atoms with E-state index in [4.69, 9.17) is 16.3 Å². The second kappa shape index (κ2) is 8.05. The molecule has 2 unspecified atom stereocenters. The van der Waals surface area contributed by atoms with Crippen molar-refractivity contribution in [3.63, 3.8) is 0 Å². The largest absolute Gasteiger partial charge is 0.507 e. The van der Waals surface area contributed by atoms with E-state index in [-0.39, 0.29) is 17.4 Å². The summed E-state index contributed by atoms with van der Waals surface area (Å²) < 4.78 is 5.75. The van der Waals surface area contributed by atoms with Gasteiger partial charge < -0.3 is 9.84 Å². The zero-order chi connectivity index (χ0) is 23.3. The number of pyridine rings is 1. The molecular formula is C26H21ClN2O4. The van der Waals surface area contributed by atoms with Gasteiger partial charge in [-0.05, 0) is 73.0 Å². The van der Waals surface area contributed by atoms with Gasteiger partial charge in [-0.3, -0.25) is 19.5 Å². The summed E-state index contributed by atoms with van der Waals surface area (Å²) in [6.45, 7) is 3.77.